The SMILES string of the molecule is CC.c1cnc2c(c1)oc1cccnc12. The van der Waals surface area contributed by atoms with Crippen LogP contribution in [0.4, 0.5) is 0 Å². The lowest BCUT2D eigenvalue weighted by atomic mass is 10.3. The smallest absolute Gasteiger partial charge is 0.155 e. The Balaban J connectivity index is 0.000000404. The van der Waals surface area contributed by atoms with E-state index in [9.17, 15) is 0 Å². The van der Waals surface area contributed by atoms with E-state index in [1.807, 2.05) is 38.1 Å². The van der Waals surface area contributed by atoms with E-state index in [1.54, 1.807) is 12.4 Å². The van der Waals surface area contributed by atoms with Gasteiger partial charge < -0.3 is 4.42 Å². The minimum absolute atomic E-state index is 0.788. The molecule has 0 saturated heterocycles. The largest absolute Gasteiger partial charge is 0.453 e. The van der Waals surface area contributed by atoms with Crippen molar-refractivity contribution in [2.24, 2.45) is 0 Å². The van der Waals surface area contributed by atoms with Gasteiger partial charge in [-0.2, -0.15) is 0 Å². The van der Waals surface area contributed by atoms with Gasteiger partial charge in [0.15, 0.2) is 11.2 Å². The number of pyridine rings is 2. The second-order valence-corrected chi connectivity index (χ2v) is 2.80. The zero-order valence-electron chi connectivity index (χ0n) is 8.77. The third-order valence-electron chi connectivity index (χ3n) is 1.99. The molecule has 0 saturated carbocycles. The Labute approximate surface area is 87.8 Å². The van der Waals surface area contributed by atoms with Crippen LogP contribution in [0.3, 0.4) is 0 Å². The highest BCUT2D eigenvalue weighted by atomic mass is 16.3. The van der Waals surface area contributed by atoms with Crippen molar-refractivity contribution in [1.29, 1.82) is 0 Å². The Hall–Kier alpha value is -1.90. The first-order chi connectivity index (χ1) is 7.45. The lowest BCUT2D eigenvalue weighted by molar-refractivity contribution is 0.667. The molecule has 3 aromatic rings. The molecule has 0 aliphatic rings. The van der Waals surface area contributed by atoms with Gasteiger partial charge in [-0.1, -0.05) is 13.8 Å². The van der Waals surface area contributed by atoms with Gasteiger partial charge in [-0.15, -0.1) is 0 Å². The molecule has 0 aromatic carbocycles. The summed E-state index contributed by atoms with van der Waals surface area (Å²) in [6, 6.07) is 7.49. The van der Waals surface area contributed by atoms with Gasteiger partial charge in [0, 0.05) is 12.4 Å². The molecule has 0 fully saturated rings. The Morgan fingerprint density at radius 3 is 1.80 bits per heavy atom. The fraction of sp³-hybridized carbons (Fsp3) is 0.167. The van der Waals surface area contributed by atoms with Crippen LogP contribution in [0.2, 0.25) is 0 Å². The molecule has 0 N–H and O–H groups in total. The van der Waals surface area contributed by atoms with Crippen LogP contribution >= 0.6 is 0 Å². The van der Waals surface area contributed by atoms with Crippen LogP contribution in [0.15, 0.2) is 41.1 Å². The summed E-state index contributed by atoms with van der Waals surface area (Å²) in [7, 11) is 0. The molecule has 0 atom stereocenters. The first-order valence-electron chi connectivity index (χ1n) is 5.03. The van der Waals surface area contributed by atoms with Gasteiger partial charge in [0.05, 0.1) is 0 Å². The lowest BCUT2D eigenvalue weighted by Crippen LogP contribution is -1.74. The maximum absolute atomic E-state index is 5.53. The van der Waals surface area contributed by atoms with E-state index < -0.39 is 0 Å². The topological polar surface area (TPSA) is 38.9 Å². The third kappa shape index (κ3) is 1.56. The zero-order valence-corrected chi connectivity index (χ0v) is 8.77. The van der Waals surface area contributed by atoms with Crippen molar-refractivity contribution in [3.05, 3.63) is 36.7 Å². The van der Waals surface area contributed by atoms with E-state index in [2.05, 4.69) is 9.97 Å². The Morgan fingerprint density at radius 1 is 0.867 bits per heavy atom. The molecule has 3 heterocycles. The highest BCUT2D eigenvalue weighted by Gasteiger charge is 2.06. The number of aromatic nitrogens is 2. The van der Waals surface area contributed by atoms with Gasteiger partial charge in [-0.25, -0.2) is 0 Å². The second kappa shape index (κ2) is 4.09. The van der Waals surface area contributed by atoms with Crippen molar-refractivity contribution in [2.75, 3.05) is 0 Å². The van der Waals surface area contributed by atoms with Crippen LogP contribution in [0.1, 0.15) is 13.8 Å². The second-order valence-electron chi connectivity index (χ2n) is 2.80. The quantitative estimate of drug-likeness (QED) is 0.558. The standard InChI is InChI=1S/C10H6N2O.C2H6/c1-3-7-9(11-5-1)10-8(13-7)4-2-6-12-10;1-2/h1-6H;1-2H3. The molecular weight excluding hydrogens is 188 g/mol. The van der Waals surface area contributed by atoms with E-state index in [1.165, 1.54) is 0 Å². The van der Waals surface area contributed by atoms with E-state index >= 15 is 0 Å². The Bertz CT molecular complexity index is 521. The average Bonchev–Trinajstić information content (AvgIpc) is 2.70. The Kier molecular flexibility index (Phi) is 2.63. The molecule has 0 spiro atoms. The minimum atomic E-state index is 0.788. The number of hydrogen-bond acceptors (Lipinski definition) is 3. The van der Waals surface area contributed by atoms with Gasteiger partial charge in [0.25, 0.3) is 0 Å². The summed E-state index contributed by atoms with van der Waals surface area (Å²) < 4.78 is 5.53. The van der Waals surface area contributed by atoms with Crippen LogP contribution in [0.5, 0.6) is 0 Å². The number of fused-ring (bicyclic) bond motifs is 3. The monoisotopic (exact) mass is 200 g/mol. The molecule has 3 aromatic heterocycles. The summed E-state index contributed by atoms with van der Waals surface area (Å²) in [5.41, 5.74) is 3.24. The van der Waals surface area contributed by atoms with Crippen molar-refractivity contribution < 1.29 is 4.42 Å². The number of furan rings is 1. The van der Waals surface area contributed by atoms with E-state index in [0.29, 0.717) is 0 Å². The van der Waals surface area contributed by atoms with Crippen molar-refractivity contribution in [1.82, 2.24) is 9.97 Å². The molecule has 0 aliphatic heterocycles. The van der Waals surface area contributed by atoms with Crippen molar-refractivity contribution in [3.8, 4) is 0 Å². The van der Waals surface area contributed by atoms with Crippen LogP contribution in [-0.2, 0) is 0 Å². The first kappa shape index (κ1) is 9.65. The summed E-state index contributed by atoms with van der Waals surface area (Å²) in [5, 5.41) is 0. The highest BCUT2D eigenvalue weighted by molar-refractivity contribution is 5.99. The van der Waals surface area contributed by atoms with Crippen LogP contribution in [0, 0.1) is 0 Å². The van der Waals surface area contributed by atoms with Crippen molar-refractivity contribution in [3.63, 3.8) is 0 Å². The molecule has 0 unspecified atom stereocenters. The van der Waals surface area contributed by atoms with Gasteiger partial charge in [0.2, 0.25) is 0 Å². The molecular formula is C12H12N2O. The van der Waals surface area contributed by atoms with Gasteiger partial charge in [-0.3, -0.25) is 9.97 Å². The normalized spacial score (nSPS) is 10.0. The molecule has 76 valence electrons. The molecule has 0 aliphatic carbocycles. The summed E-state index contributed by atoms with van der Waals surface area (Å²) in [4.78, 5) is 8.43. The van der Waals surface area contributed by atoms with Crippen molar-refractivity contribution >= 4 is 22.2 Å². The third-order valence-corrected chi connectivity index (χ3v) is 1.99. The number of nitrogens with zero attached hydrogens (tertiary/aromatic N) is 2. The van der Waals surface area contributed by atoms with Gasteiger partial charge in [0.1, 0.15) is 11.0 Å². The summed E-state index contributed by atoms with van der Waals surface area (Å²) >= 11 is 0. The number of hydrogen-bond donors (Lipinski definition) is 0. The Morgan fingerprint density at radius 2 is 1.33 bits per heavy atom. The maximum Gasteiger partial charge on any atom is 0.155 e. The van der Waals surface area contributed by atoms with Crippen LogP contribution < -0.4 is 0 Å². The minimum Gasteiger partial charge on any atom is -0.453 e. The van der Waals surface area contributed by atoms with E-state index in [0.717, 1.165) is 22.2 Å². The predicted molar refractivity (Wildman–Crippen MR) is 60.7 cm³/mol. The number of rotatable bonds is 0. The first-order valence-corrected chi connectivity index (χ1v) is 5.03. The fourth-order valence-corrected chi connectivity index (χ4v) is 1.42. The van der Waals surface area contributed by atoms with E-state index in [-0.39, 0.29) is 0 Å². The molecule has 3 rings (SSSR count). The summed E-state index contributed by atoms with van der Waals surface area (Å²) in [6.07, 6.45) is 3.48. The summed E-state index contributed by atoms with van der Waals surface area (Å²) in [5.74, 6) is 0. The van der Waals surface area contributed by atoms with E-state index in [4.69, 9.17) is 4.42 Å². The average molecular weight is 200 g/mol. The van der Waals surface area contributed by atoms with Crippen molar-refractivity contribution in [2.45, 2.75) is 13.8 Å². The molecule has 15 heavy (non-hydrogen) atoms. The molecule has 0 bridgehead atoms. The highest BCUT2D eigenvalue weighted by Crippen LogP contribution is 2.23. The molecule has 0 radical (unpaired) electrons. The molecule has 3 nitrogen and oxygen atoms in total. The fourth-order valence-electron chi connectivity index (χ4n) is 1.42. The van der Waals surface area contributed by atoms with Crippen LogP contribution in [0.25, 0.3) is 22.2 Å². The maximum atomic E-state index is 5.53. The van der Waals surface area contributed by atoms with Gasteiger partial charge in [-0.05, 0) is 24.3 Å². The lowest BCUT2D eigenvalue weighted by Gasteiger charge is -1.83. The molecule has 3 heteroatoms. The summed E-state index contributed by atoms with van der Waals surface area (Å²) in [6.45, 7) is 4.00. The molecule has 0 amide bonds. The van der Waals surface area contributed by atoms with Crippen LogP contribution in [-0.4, -0.2) is 9.97 Å². The van der Waals surface area contributed by atoms with Gasteiger partial charge >= 0.3 is 0 Å². The predicted octanol–water partition coefficient (Wildman–Crippen LogP) is 3.40. The zero-order chi connectivity index (χ0) is 10.7.